The van der Waals surface area contributed by atoms with E-state index in [0.717, 1.165) is 9.13 Å². The maximum absolute atomic E-state index is 10.6. The monoisotopic (exact) mass is 466 g/mol. The Morgan fingerprint density at radius 1 is 1.00 bits per heavy atom. The zero-order valence-corrected chi connectivity index (χ0v) is 15.6. The van der Waals surface area contributed by atoms with Gasteiger partial charge >= 0.3 is 11.9 Å². The normalized spacial score (nSPS) is 10.4. The molecule has 2 rings (SSSR count). The van der Waals surface area contributed by atoms with Gasteiger partial charge in [0, 0.05) is 3.57 Å². The van der Waals surface area contributed by atoms with Crippen LogP contribution in [0.4, 0.5) is 0 Å². The summed E-state index contributed by atoms with van der Waals surface area (Å²) in [5, 5.41) is 17.3. The lowest BCUT2D eigenvalue weighted by molar-refractivity contribution is -0.138. The van der Waals surface area contributed by atoms with E-state index in [4.69, 9.17) is 33.4 Å². The lowest BCUT2D eigenvalue weighted by atomic mass is 10.1. The predicted molar refractivity (Wildman–Crippen MR) is 98.3 cm³/mol. The van der Waals surface area contributed by atoms with Gasteiger partial charge in [-0.1, -0.05) is 65.2 Å². The van der Waals surface area contributed by atoms with Gasteiger partial charge in [0.25, 0.3) is 0 Å². The van der Waals surface area contributed by atoms with E-state index >= 15 is 0 Å². The first-order valence-electron chi connectivity index (χ1n) is 6.32. The second kappa shape index (κ2) is 8.52. The molecule has 0 unspecified atom stereocenters. The highest BCUT2D eigenvalue weighted by Gasteiger charge is 2.35. The van der Waals surface area contributed by atoms with Gasteiger partial charge < -0.3 is 10.2 Å². The number of alkyl halides is 2. The SMILES string of the molecule is Cc1ccc(C(Cl)(Cl)C(=O)O)cc1.O=C(O)c1ccccc1I. The van der Waals surface area contributed by atoms with Crippen molar-refractivity contribution in [3.8, 4) is 0 Å². The van der Waals surface area contributed by atoms with Crippen molar-refractivity contribution in [1.82, 2.24) is 0 Å². The number of carboxylic acids is 2. The van der Waals surface area contributed by atoms with Crippen LogP contribution in [0, 0.1) is 10.5 Å². The highest BCUT2D eigenvalue weighted by Crippen LogP contribution is 2.33. The molecular weight excluding hydrogens is 454 g/mol. The number of hydrogen-bond donors (Lipinski definition) is 2. The summed E-state index contributed by atoms with van der Waals surface area (Å²) >= 11 is 13.2. The van der Waals surface area contributed by atoms with Gasteiger partial charge in [-0.2, -0.15) is 0 Å². The molecule has 122 valence electrons. The summed E-state index contributed by atoms with van der Waals surface area (Å²) in [6, 6.07) is 13.6. The van der Waals surface area contributed by atoms with Crippen LogP contribution in [-0.4, -0.2) is 22.2 Å². The summed E-state index contributed by atoms with van der Waals surface area (Å²) in [6.07, 6.45) is 0. The van der Waals surface area contributed by atoms with Crippen LogP contribution in [-0.2, 0) is 9.13 Å². The maximum Gasteiger partial charge on any atom is 0.344 e. The maximum atomic E-state index is 10.6. The second-order valence-electron chi connectivity index (χ2n) is 4.53. The fraction of sp³-hybridized carbons (Fsp3) is 0.125. The number of halogens is 3. The van der Waals surface area contributed by atoms with Crippen molar-refractivity contribution >= 4 is 57.7 Å². The van der Waals surface area contributed by atoms with Gasteiger partial charge in [-0.3, -0.25) is 0 Å². The first-order chi connectivity index (χ1) is 10.7. The number of carbonyl (C=O) groups is 2. The molecule has 0 aliphatic carbocycles. The fourth-order valence-corrected chi connectivity index (χ4v) is 2.39. The van der Waals surface area contributed by atoms with Crippen molar-refractivity contribution in [3.05, 3.63) is 68.8 Å². The minimum absolute atomic E-state index is 0.364. The van der Waals surface area contributed by atoms with Crippen LogP contribution in [0.1, 0.15) is 21.5 Å². The molecule has 0 fully saturated rings. The second-order valence-corrected chi connectivity index (χ2v) is 7.02. The minimum Gasteiger partial charge on any atom is -0.479 e. The third-order valence-corrected chi connectivity index (χ3v) is 4.49. The predicted octanol–water partition coefficient (Wildman–Crippen LogP) is 4.70. The number of hydrogen-bond acceptors (Lipinski definition) is 2. The van der Waals surface area contributed by atoms with Crippen LogP contribution in [0.5, 0.6) is 0 Å². The Bertz CT molecular complexity index is 699. The molecule has 2 aromatic carbocycles. The summed E-state index contributed by atoms with van der Waals surface area (Å²) < 4.78 is -1.08. The van der Waals surface area contributed by atoms with E-state index in [0.29, 0.717) is 11.1 Å². The number of aromatic carboxylic acids is 1. The molecule has 0 amide bonds. The van der Waals surface area contributed by atoms with Gasteiger partial charge in [-0.05, 0) is 47.2 Å². The van der Waals surface area contributed by atoms with Gasteiger partial charge in [0.2, 0.25) is 4.33 Å². The largest absolute Gasteiger partial charge is 0.479 e. The fourth-order valence-electron chi connectivity index (χ4n) is 1.52. The van der Waals surface area contributed by atoms with Crippen LogP contribution >= 0.6 is 45.8 Å². The quantitative estimate of drug-likeness (QED) is 0.507. The molecule has 0 aromatic heterocycles. The van der Waals surface area contributed by atoms with Crippen LogP contribution < -0.4 is 0 Å². The van der Waals surface area contributed by atoms with Gasteiger partial charge in [-0.25, -0.2) is 9.59 Å². The van der Waals surface area contributed by atoms with Gasteiger partial charge in [0.05, 0.1) is 5.56 Å². The molecule has 0 radical (unpaired) electrons. The Labute approximate surface area is 157 Å². The highest BCUT2D eigenvalue weighted by atomic mass is 127. The topological polar surface area (TPSA) is 74.6 Å². The zero-order chi connectivity index (χ0) is 17.6. The summed E-state index contributed by atoms with van der Waals surface area (Å²) in [5.41, 5.74) is 1.76. The molecule has 0 spiro atoms. The first kappa shape index (κ1) is 19.7. The first-order valence-corrected chi connectivity index (χ1v) is 8.16. The van der Waals surface area contributed by atoms with E-state index < -0.39 is 16.3 Å². The molecule has 0 aliphatic rings. The highest BCUT2D eigenvalue weighted by molar-refractivity contribution is 14.1. The molecule has 0 saturated carbocycles. The Kier molecular flexibility index (Phi) is 7.31. The number of rotatable bonds is 3. The van der Waals surface area contributed by atoms with Crippen molar-refractivity contribution in [2.24, 2.45) is 0 Å². The van der Waals surface area contributed by atoms with E-state index in [1.54, 1.807) is 42.5 Å². The summed E-state index contributed by atoms with van der Waals surface area (Å²) in [5.74, 6) is -2.13. The van der Waals surface area contributed by atoms with E-state index in [1.807, 2.05) is 35.6 Å². The molecule has 23 heavy (non-hydrogen) atoms. The molecular formula is C16H13Cl2IO4. The Morgan fingerprint density at radius 3 is 1.91 bits per heavy atom. The lowest BCUT2D eigenvalue weighted by Gasteiger charge is -2.14. The standard InChI is InChI=1S/C9H8Cl2O2.C7H5IO2/c1-6-2-4-7(5-3-6)9(10,11)8(12)13;8-6-4-2-1-3-5(6)7(9)10/h2-5H,1H3,(H,12,13);1-4H,(H,9,10). The number of carboxylic acid groups (broad SMARTS) is 2. The Balaban J connectivity index is 0.000000238. The van der Waals surface area contributed by atoms with Crippen molar-refractivity contribution in [2.45, 2.75) is 11.3 Å². The number of aliphatic carboxylic acids is 1. The average Bonchev–Trinajstić information content (AvgIpc) is 2.48. The van der Waals surface area contributed by atoms with Crippen LogP contribution in [0.15, 0.2) is 48.5 Å². The lowest BCUT2D eigenvalue weighted by Crippen LogP contribution is -2.22. The molecule has 0 heterocycles. The number of aryl methyl sites for hydroxylation is 1. The average molecular weight is 467 g/mol. The zero-order valence-electron chi connectivity index (χ0n) is 12.0. The molecule has 0 saturated heterocycles. The van der Waals surface area contributed by atoms with Crippen molar-refractivity contribution in [3.63, 3.8) is 0 Å². The smallest absolute Gasteiger partial charge is 0.344 e. The van der Waals surface area contributed by atoms with Crippen LogP contribution in [0.25, 0.3) is 0 Å². The molecule has 0 aliphatic heterocycles. The van der Waals surface area contributed by atoms with Gasteiger partial charge in [-0.15, -0.1) is 0 Å². The molecule has 0 bridgehead atoms. The molecule has 7 heteroatoms. The molecule has 4 nitrogen and oxygen atoms in total. The van der Waals surface area contributed by atoms with E-state index in [-0.39, 0.29) is 0 Å². The summed E-state index contributed by atoms with van der Waals surface area (Å²) in [4.78, 5) is 21.1. The van der Waals surface area contributed by atoms with Crippen LogP contribution in [0.3, 0.4) is 0 Å². The Morgan fingerprint density at radius 2 is 1.52 bits per heavy atom. The van der Waals surface area contributed by atoms with Crippen molar-refractivity contribution < 1.29 is 19.8 Å². The minimum atomic E-state index is -1.85. The molecule has 2 aromatic rings. The van der Waals surface area contributed by atoms with E-state index in [1.165, 1.54) is 0 Å². The van der Waals surface area contributed by atoms with E-state index in [2.05, 4.69) is 0 Å². The van der Waals surface area contributed by atoms with Crippen molar-refractivity contribution in [1.29, 1.82) is 0 Å². The Hall–Kier alpha value is -1.31. The molecule has 0 atom stereocenters. The van der Waals surface area contributed by atoms with Gasteiger partial charge in [0.1, 0.15) is 0 Å². The third kappa shape index (κ3) is 5.67. The van der Waals surface area contributed by atoms with Crippen molar-refractivity contribution in [2.75, 3.05) is 0 Å². The summed E-state index contributed by atoms with van der Waals surface area (Å²) in [7, 11) is 0. The van der Waals surface area contributed by atoms with Gasteiger partial charge in [0.15, 0.2) is 0 Å². The summed E-state index contributed by atoms with van der Waals surface area (Å²) in [6.45, 7) is 1.90. The van der Waals surface area contributed by atoms with E-state index in [9.17, 15) is 9.59 Å². The van der Waals surface area contributed by atoms with Crippen LogP contribution in [0.2, 0.25) is 0 Å². The molecule has 2 N–H and O–H groups in total. The number of benzene rings is 2. The third-order valence-electron chi connectivity index (χ3n) is 2.79.